The number of aliphatic hydroxyl groups is 1. The molecule has 1 fully saturated rings. The fourth-order valence-corrected chi connectivity index (χ4v) is 2.45. The first-order chi connectivity index (χ1) is 9.54. The van der Waals surface area contributed by atoms with Crippen LogP contribution in [0.3, 0.4) is 0 Å². The molecule has 0 aromatic rings. The Hall–Kier alpha value is -0.690. The van der Waals surface area contributed by atoms with Gasteiger partial charge in [-0.2, -0.15) is 0 Å². The van der Waals surface area contributed by atoms with Crippen LogP contribution in [0.1, 0.15) is 20.3 Å². The van der Waals surface area contributed by atoms with E-state index in [1.807, 2.05) is 13.8 Å². The molecule has 2 unspecified atom stereocenters. The summed E-state index contributed by atoms with van der Waals surface area (Å²) >= 11 is 0. The summed E-state index contributed by atoms with van der Waals surface area (Å²) in [7, 11) is 1.66. The van der Waals surface area contributed by atoms with Crippen molar-refractivity contribution in [1.29, 1.82) is 0 Å². The number of piperazine rings is 1. The molecule has 0 aliphatic carbocycles. The second-order valence-corrected chi connectivity index (χ2v) is 5.50. The number of carbonyl (C=O) groups excluding carboxylic acids is 1. The second-order valence-electron chi connectivity index (χ2n) is 5.50. The first-order valence-electron chi connectivity index (χ1n) is 7.45. The summed E-state index contributed by atoms with van der Waals surface area (Å²) in [5.41, 5.74) is 0. The Morgan fingerprint density at radius 3 is 2.50 bits per heavy atom. The minimum absolute atomic E-state index is 0.0880. The standard InChI is InChI=1S/C14H29N3O3/c1-12(18)11-16-6-8-17(9-7-16)13(2)14(19)15-5-4-10-20-3/h12-13,18H,4-11H2,1-3H3,(H,15,19). The van der Waals surface area contributed by atoms with Gasteiger partial charge >= 0.3 is 0 Å². The Morgan fingerprint density at radius 1 is 1.30 bits per heavy atom. The molecule has 0 aromatic carbocycles. The Labute approximate surface area is 122 Å². The van der Waals surface area contributed by atoms with Gasteiger partial charge in [0, 0.05) is 53.0 Å². The van der Waals surface area contributed by atoms with Crippen LogP contribution in [0.4, 0.5) is 0 Å². The molecule has 1 rings (SSSR count). The van der Waals surface area contributed by atoms with Crippen LogP contribution in [-0.4, -0.2) is 85.9 Å². The Bertz CT molecular complexity index is 279. The summed E-state index contributed by atoms with van der Waals surface area (Å²) in [5, 5.41) is 12.3. The molecule has 1 heterocycles. The van der Waals surface area contributed by atoms with E-state index in [0.717, 1.165) is 32.6 Å². The smallest absolute Gasteiger partial charge is 0.237 e. The van der Waals surface area contributed by atoms with E-state index in [4.69, 9.17) is 4.74 Å². The Morgan fingerprint density at radius 2 is 1.95 bits per heavy atom. The van der Waals surface area contributed by atoms with Crippen molar-refractivity contribution in [3.63, 3.8) is 0 Å². The van der Waals surface area contributed by atoms with E-state index in [9.17, 15) is 9.90 Å². The van der Waals surface area contributed by atoms with E-state index >= 15 is 0 Å². The van der Waals surface area contributed by atoms with E-state index in [0.29, 0.717) is 19.7 Å². The average Bonchev–Trinajstić information content (AvgIpc) is 2.43. The van der Waals surface area contributed by atoms with Crippen LogP contribution in [0.5, 0.6) is 0 Å². The van der Waals surface area contributed by atoms with Crippen LogP contribution in [0.15, 0.2) is 0 Å². The zero-order valence-electron chi connectivity index (χ0n) is 13.0. The highest BCUT2D eigenvalue weighted by molar-refractivity contribution is 5.81. The van der Waals surface area contributed by atoms with Crippen LogP contribution in [-0.2, 0) is 9.53 Å². The van der Waals surface area contributed by atoms with E-state index in [-0.39, 0.29) is 18.1 Å². The molecular weight excluding hydrogens is 258 g/mol. The number of rotatable bonds is 8. The van der Waals surface area contributed by atoms with Gasteiger partial charge in [-0.1, -0.05) is 0 Å². The lowest BCUT2D eigenvalue weighted by Crippen LogP contribution is -2.54. The highest BCUT2D eigenvalue weighted by atomic mass is 16.5. The predicted octanol–water partition coefficient (Wildman–Crippen LogP) is -0.474. The molecule has 6 nitrogen and oxygen atoms in total. The average molecular weight is 287 g/mol. The fourth-order valence-electron chi connectivity index (χ4n) is 2.45. The summed E-state index contributed by atoms with van der Waals surface area (Å²) in [5.74, 6) is 0.0880. The van der Waals surface area contributed by atoms with Gasteiger partial charge < -0.3 is 15.2 Å². The quantitative estimate of drug-likeness (QED) is 0.591. The van der Waals surface area contributed by atoms with Crippen LogP contribution in [0, 0.1) is 0 Å². The minimum Gasteiger partial charge on any atom is -0.392 e. The number of methoxy groups -OCH3 is 1. The first-order valence-corrected chi connectivity index (χ1v) is 7.45. The lowest BCUT2D eigenvalue weighted by molar-refractivity contribution is -0.126. The Balaban J connectivity index is 2.24. The van der Waals surface area contributed by atoms with Crippen molar-refractivity contribution >= 4 is 5.91 Å². The number of amides is 1. The monoisotopic (exact) mass is 287 g/mol. The Kier molecular flexibility index (Phi) is 8.06. The highest BCUT2D eigenvalue weighted by Gasteiger charge is 2.25. The van der Waals surface area contributed by atoms with Crippen molar-refractivity contribution in [2.75, 3.05) is 53.0 Å². The van der Waals surface area contributed by atoms with Gasteiger partial charge in [0.2, 0.25) is 5.91 Å². The zero-order valence-corrected chi connectivity index (χ0v) is 13.0. The molecule has 20 heavy (non-hydrogen) atoms. The van der Waals surface area contributed by atoms with Crippen molar-refractivity contribution in [1.82, 2.24) is 15.1 Å². The molecule has 2 atom stereocenters. The van der Waals surface area contributed by atoms with Crippen LogP contribution in [0.2, 0.25) is 0 Å². The van der Waals surface area contributed by atoms with Gasteiger partial charge in [0.25, 0.3) is 0 Å². The second kappa shape index (κ2) is 9.28. The lowest BCUT2D eigenvalue weighted by atomic mass is 10.2. The maximum Gasteiger partial charge on any atom is 0.237 e. The summed E-state index contributed by atoms with van der Waals surface area (Å²) < 4.78 is 4.96. The largest absolute Gasteiger partial charge is 0.392 e. The van der Waals surface area contributed by atoms with Crippen molar-refractivity contribution in [3.05, 3.63) is 0 Å². The number of hydrogen-bond donors (Lipinski definition) is 2. The number of nitrogens with one attached hydrogen (secondary N) is 1. The maximum atomic E-state index is 12.0. The third-order valence-electron chi connectivity index (χ3n) is 3.68. The molecule has 0 spiro atoms. The summed E-state index contributed by atoms with van der Waals surface area (Å²) in [6.45, 7) is 9.38. The molecule has 0 bridgehead atoms. The molecule has 1 amide bonds. The molecule has 6 heteroatoms. The molecule has 0 aromatic heterocycles. The molecule has 1 saturated heterocycles. The molecule has 1 aliphatic rings. The van der Waals surface area contributed by atoms with E-state index in [2.05, 4.69) is 15.1 Å². The zero-order chi connectivity index (χ0) is 15.0. The van der Waals surface area contributed by atoms with Gasteiger partial charge in [-0.25, -0.2) is 0 Å². The van der Waals surface area contributed by atoms with Gasteiger partial charge in [-0.15, -0.1) is 0 Å². The summed E-state index contributed by atoms with van der Waals surface area (Å²) in [4.78, 5) is 16.5. The van der Waals surface area contributed by atoms with Crippen LogP contribution < -0.4 is 5.32 Å². The highest BCUT2D eigenvalue weighted by Crippen LogP contribution is 2.07. The van der Waals surface area contributed by atoms with Crippen molar-refractivity contribution in [2.45, 2.75) is 32.4 Å². The number of β-amino-alcohol motifs (C(OH)–C–C–N with tert-alkyl or cyclic N) is 1. The van der Waals surface area contributed by atoms with E-state index < -0.39 is 0 Å². The molecule has 1 aliphatic heterocycles. The minimum atomic E-state index is -0.289. The molecular formula is C14H29N3O3. The number of hydrogen-bond acceptors (Lipinski definition) is 5. The topological polar surface area (TPSA) is 65.0 Å². The summed E-state index contributed by atoms with van der Waals surface area (Å²) in [6, 6.07) is -0.0914. The van der Waals surface area contributed by atoms with E-state index in [1.54, 1.807) is 7.11 Å². The van der Waals surface area contributed by atoms with Gasteiger partial charge in [-0.05, 0) is 20.3 Å². The van der Waals surface area contributed by atoms with Gasteiger partial charge in [0.05, 0.1) is 12.1 Å². The van der Waals surface area contributed by atoms with Gasteiger partial charge in [0.1, 0.15) is 0 Å². The molecule has 2 N–H and O–H groups in total. The molecule has 0 saturated carbocycles. The number of nitrogens with zero attached hydrogens (tertiary/aromatic N) is 2. The van der Waals surface area contributed by atoms with Gasteiger partial charge in [0.15, 0.2) is 0 Å². The normalized spacial score (nSPS) is 20.6. The van der Waals surface area contributed by atoms with Crippen molar-refractivity contribution in [2.24, 2.45) is 0 Å². The van der Waals surface area contributed by atoms with Crippen LogP contribution >= 0.6 is 0 Å². The maximum absolute atomic E-state index is 12.0. The fraction of sp³-hybridized carbons (Fsp3) is 0.929. The number of carbonyl (C=O) groups is 1. The van der Waals surface area contributed by atoms with Gasteiger partial charge in [-0.3, -0.25) is 14.6 Å². The SMILES string of the molecule is COCCCNC(=O)C(C)N1CCN(CC(C)O)CC1. The molecule has 0 radical (unpaired) electrons. The predicted molar refractivity (Wildman–Crippen MR) is 78.7 cm³/mol. The van der Waals surface area contributed by atoms with Crippen LogP contribution in [0.25, 0.3) is 0 Å². The molecule has 118 valence electrons. The van der Waals surface area contributed by atoms with Crippen molar-refractivity contribution in [3.8, 4) is 0 Å². The lowest BCUT2D eigenvalue weighted by Gasteiger charge is -2.37. The number of aliphatic hydroxyl groups excluding tert-OH is 1. The van der Waals surface area contributed by atoms with Crippen molar-refractivity contribution < 1.29 is 14.6 Å². The third kappa shape index (κ3) is 6.17. The summed E-state index contributed by atoms with van der Waals surface area (Å²) in [6.07, 6.45) is 0.556. The van der Waals surface area contributed by atoms with E-state index in [1.165, 1.54) is 0 Å². The number of ether oxygens (including phenoxy) is 1. The third-order valence-corrected chi connectivity index (χ3v) is 3.68. The first kappa shape index (κ1) is 17.4.